The molecule has 0 rings (SSSR count). The van der Waals surface area contributed by atoms with Gasteiger partial charge >= 0.3 is 12.1 Å². The highest BCUT2D eigenvalue weighted by atomic mass is 16.6. The number of carbonyl (C=O) groups is 2. The van der Waals surface area contributed by atoms with Gasteiger partial charge in [0.2, 0.25) is 0 Å². The lowest BCUT2D eigenvalue weighted by atomic mass is 10.2. The summed E-state index contributed by atoms with van der Waals surface area (Å²) in [6.07, 6.45) is 0.246. The molecule has 1 atom stereocenters. The van der Waals surface area contributed by atoms with Gasteiger partial charge in [0.15, 0.2) is 0 Å². The van der Waals surface area contributed by atoms with E-state index in [1.807, 2.05) is 13.8 Å². The van der Waals surface area contributed by atoms with Gasteiger partial charge in [0, 0.05) is 12.6 Å². The van der Waals surface area contributed by atoms with Crippen molar-refractivity contribution < 1.29 is 19.4 Å². The van der Waals surface area contributed by atoms with E-state index in [0.29, 0.717) is 0 Å². The molecule has 0 spiro atoms. The maximum absolute atomic E-state index is 11.9. The Labute approximate surface area is 103 Å². The number of carboxylic acid groups (broad SMARTS) is 1. The van der Waals surface area contributed by atoms with Crippen molar-refractivity contribution in [2.75, 3.05) is 6.54 Å². The average Bonchev–Trinajstić information content (AvgIpc) is 2.14. The van der Waals surface area contributed by atoms with Gasteiger partial charge in [0.05, 0.1) is 6.42 Å². The molecule has 0 aromatic heterocycles. The van der Waals surface area contributed by atoms with Gasteiger partial charge in [0.25, 0.3) is 0 Å². The van der Waals surface area contributed by atoms with E-state index < -0.39 is 17.7 Å². The molecular formula is C12H23NO4. The Morgan fingerprint density at radius 3 is 2.24 bits per heavy atom. The summed E-state index contributed by atoms with van der Waals surface area (Å²) in [5.41, 5.74) is -0.563. The number of carbonyl (C=O) groups excluding carboxylic acids is 1. The molecule has 0 unspecified atom stereocenters. The van der Waals surface area contributed by atoms with Crippen LogP contribution >= 0.6 is 0 Å². The Kier molecular flexibility index (Phi) is 5.99. The van der Waals surface area contributed by atoms with Crippen LogP contribution in [0.15, 0.2) is 0 Å². The highest BCUT2D eigenvalue weighted by Crippen LogP contribution is 2.13. The predicted octanol–water partition coefficient (Wildman–Crippen LogP) is 2.50. The van der Waals surface area contributed by atoms with Gasteiger partial charge in [-0.2, -0.15) is 0 Å². The van der Waals surface area contributed by atoms with Gasteiger partial charge in [-0.3, -0.25) is 4.79 Å². The number of amides is 1. The first-order valence-electron chi connectivity index (χ1n) is 5.88. The Balaban J connectivity index is 4.56. The van der Waals surface area contributed by atoms with Crippen molar-refractivity contribution in [1.29, 1.82) is 0 Å². The SMILES string of the molecule is CC[C@H](C)N(CCC(=O)O)C(=O)OC(C)(C)C. The van der Waals surface area contributed by atoms with Crippen molar-refractivity contribution in [2.24, 2.45) is 0 Å². The molecule has 0 aliphatic heterocycles. The first kappa shape index (κ1) is 15.7. The molecule has 0 heterocycles. The third kappa shape index (κ3) is 6.81. The second-order valence-corrected chi connectivity index (χ2v) is 5.07. The van der Waals surface area contributed by atoms with Crippen LogP contribution in [0.5, 0.6) is 0 Å². The maximum Gasteiger partial charge on any atom is 0.410 e. The van der Waals surface area contributed by atoms with Gasteiger partial charge in [0.1, 0.15) is 5.60 Å². The van der Waals surface area contributed by atoms with Crippen molar-refractivity contribution >= 4 is 12.1 Å². The lowest BCUT2D eigenvalue weighted by Crippen LogP contribution is -2.43. The molecule has 1 N–H and O–H groups in total. The van der Waals surface area contributed by atoms with Crippen molar-refractivity contribution in [3.63, 3.8) is 0 Å². The van der Waals surface area contributed by atoms with Gasteiger partial charge in [-0.1, -0.05) is 6.92 Å². The summed E-state index contributed by atoms with van der Waals surface area (Å²) in [5.74, 6) is -0.915. The third-order valence-electron chi connectivity index (χ3n) is 2.32. The number of carboxylic acids is 1. The summed E-state index contributed by atoms with van der Waals surface area (Å²) in [7, 11) is 0. The zero-order valence-electron chi connectivity index (χ0n) is 11.3. The topological polar surface area (TPSA) is 66.8 Å². The lowest BCUT2D eigenvalue weighted by Gasteiger charge is -2.30. The molecule has 5 nitrogen and oxygen atoms in total. The standard InChI is InChI=1S/C12H23NO4/c1-6-9(2)13(8-7-10(14)15)11(16)17-12(3,4)5/h9H,6-8H2,1-5H3,(H,14,15)/t9-/m0/s1. The van der Waals surface area contributed by atoms with E-state index in [4.69, 9.17) is 9.84 Å². The van der Waals surface area contributed by atoms with Gasteiger partial charge in [-0.15, -0.1) is 0 Å². The minimum Gasteiger partial charge on any atom is -0.481 e. The largest absolute Gasteiger partial charge is 0.481 e. The second kappa shape index (κ2) is 6.47. The highest BCUT2D eigenvalue weighted by Gasteiger charge is 2.25. The molecule has 0 aromatic rings. The van der Waals surface area contributed by atoms with E-state index >= 15 is 0 Å². The number of hydrogen-bond acceptors (Lipinski definition) is 3. The number of ether oxygens (including phenoxy) is 1. The maximum atomic E-state index is 11.9. The average molecular weight is 245 g/mol. The van der Waals surface area contributed by atoms with Gasteiger partial charge in [-0.05, 0) is 34.1 Å². The fourth-order valence-corrected chi connectivity index (χ4v) is 1.25. The quantitative estimate of drug-likeness (QED) is 0.808. The summed E-state index contributed by atoms with van der Waals surface area (Å²) in [6.45, 7) is 9.37. The van der Waals surface area contributed by atoms with Crippen LogP contribution in [0.3, 0.4) is 0 Å². The molecular weight excluding hydrogens is 222 g/mol. The fourth-order valence-electron chi connectivity index (χ4n) is 1.25. The van der Waals surface area contributed by atoms with E-state index in [-0.39, 0.29) is 19.0 Å². The van der Waals surface area contributed by atoms with E-state index in [2.05, 4.69) is 0 Å². The molecule has 0 bridgehead atoms. The van der Waals surface area contributed by atoms with Crippen LogP contribution in [-0.4, -0.2) is 40.3 Å². The third-order valence-corrected chi connectivity index (χ3v) is 2.32. The smallest absolute Gasteiger partial charge is 0.410 e. The summed E-state index contributed by atoms with van der Waals surface area (Å²) < 4.78 is 5.25. The van der Waals surface area contributed by atoms with Crippen LogP contribution in [0.25, 0.3) is 0 Å². The van der Waals surface area contributed by atoms with Crippen LogP contribution in [0.2, 0.25) is 0 Å². The van der Waals surface area contributed by atoms with E-state index in [1.54, 1.807) is 20.8 Å². The van der Waals surface area contributed by atoms with Gasteiger partial charge < -0.3 is 14.7 Å². The second-order valence-electron chi connectivity index (χ2n) is 5.07. The molecule has 0 aromatic carbocycles. The number of aliphatic carboxylic acids is 1. The molecule has 0 radical (unpaired) electrons. The predicted molar refractivity (Wildman–Crippen MR) is 64.9 cm³/mol. The Morgan fingerprint density at radius 1 is 1.35 bits per heavy atom. The monoisotopic (exact) mass is 245 g/mol. The normalized spacial score (nSPS) is 13.0. The molecule has 17 heavy (non-hydrogen) atoms. The van der Waals surface area contributed by atoms with Crippen molar-refractivity contribution in [2.45, 2.75) is 59.1 Å². The van der Waals surface area contributed by atoms with Crippen molar-refractivity contribution in [3.8, 4) is 0 Å². The van der Waals surface area contributed by atoms with Gasteiger partial charge in [-0.25, -0.2) is 4.79 Å². The molecule has 0 fully saturated rings. The first-order chi connectivity index (χ1) is 7.67. The first-order valence-corrected chi connectivity index (χ1v) is 5.88. The van der Waals surface area contributed by atoms with Crippen LogP contribution in [0, 0.1) is 0 Å². The summed E-state index contributed by atoms with van der Waals surface area (Å²) in [5, 5.41) is 8.65. The molecule has 0 aliphatic carbocycles. The molecule has 1 amide bonds. The van der Waals surface area contributed by atoms with Crippen LogP contribution in [0.4, 0.5) is 4.79 Å². The Bertz CT molecular complexity index is 270. The number of hydrogen-bond donors (Lipinski definition) is 1. The fraction of sp³-hybridized carbons (Fsp3) is 0.833. The minimum absolute atomic E-state index is 0.0239. The van der Waals surface area contributed by atoms with Crippen molar-refractivity contribution in [1.82, 2.24) is 4.90 Å². The summed E-state index contributed by atoms with van der Waals surface area (Å²) in [6, 6.07) is -0.0239. The molecule has 0 aliphatic rings. The Hall–Kier alpha value is -1.26. The van der Waals surface area contributed by atoms with Crippen LogP contribution < -0.4 is 0 Å². The number of rotatable bonds is 5. The van der Waals surface area contributed by atoms with E-state index in [1.165, 1.54) is 4.90 Å². The minimum atomic E-state index is -0.915. The molecule has 100 valence electrons. The molecule has 0 saturated heterocycles. The summed E-state index contributed by atoms with van der Waals surface area (Å²) in [4.78, 5) is 23.9. The lowest BCUT2D eigenvalue weighted by molar-refractivity contribution is -0.137. The zero-order valence-corrected chi connectivity index (χ0v) is 11.3. The van der Waals surface area contributed by atoms with E-state index in [9.17, 15) is 9.59 Å². The highest BCUT2D eigenvalue weighted by molar-refractivity contribution is 5.71. The zero-order chi connectivity index (χ0) is 13.6. The Morgan fingerprint density at radius 2 is 1.88 bits per heavy atom. The number of nitrogens with zero attached hydrogens (tertiary/aromatic N) is 1. The summed E-state index contributed by atoms with van der Waals surface area (Å²) >= 11 is 0. The van der Waals surface area contributed by atoms with Crippen LogP contribution in [-0.2, 0) is 9.53 Å². The molecule has 5 heteroatoms. The van der Waals surface area contributed by atoms with Crippen LogP contribution in [0.1, 0.15) is 47.5 Å². The molecule has 0 saturated carbocycles. The van der Waals surface area contributed by atoms with Crippen molar-refractivity contribution in [3.05, 3.63) is 0 Å². The van der Waals surface area contributed by atoms with E-state index in [0.717, 1.165) is 6.42 Å².